The fourth-order valence-corrected chi connectivity index (χ4v) is 5.12. The number of nitrogens with zero attached hydrogens (tertiary/aromatic N) is 2. The lowest BCUT2D eigenvalue weighted by Gasteiger charge is -2.21. The summed E-state index contributed by atoms with van der Waals surface area (Å²) < 4.78 is 28.8. The summed E-state index contributed by atoms with van der Waals surface area (Å²) in [6.07, 6.45) is 3.24. The summed E-state index contributed by atoms with van der Waals surface area (Å²) in [4.78, 5) is 17.8. The lowest BCUT2D eigenvalue weighted by molar-refractivity contribution is 0.0696. The average Bonchev–Trinajstić information content (AvgIpc) is 3.07. The van der Waals surface area contributed by atoms with Crippen LogP contribution in [-0.4, -0.2) is 37.6 Å². The van der Waals surface area contributed by atoms with E-state index in [0.717, 1.165) is 31.5 Å². The minimum absolute atomic E-state index is 0.0620. The van der Waals surface area contributed by atoms with Gasteiger partial charge in [-0.3, -0.25) is 4.72 Å². The van der Waals surface area contributed by atoms with Gasteiger partial charge in [-0.1, -0.05) is 17.7 Å². The zero-order chi connectivity index (χ0) is 19.8. The Labute approximate surface area is 159 Å². The minimum Gasteiger partial charge on any atom is -0.478 e. The van der Waals surface area contributed by atoms with Crippen LogP contribution >= 0.6 is 0 Å². The molecule has 2 N–H and O–H groups in total. The van der Waals surface area contributed by atoms with Gasteiger partial charge in [-0.05, 0) is 50.8 Å². The highest BCUT2D eigenvalue weighted by atomic mass is 32.2. The normalized spacial score (nSPS) is 14.4. The lowest BCUT2D eigenvalue weighted by atomic mass is 10.1. The van der Waals surface area contributed by atoms with Crippen molar-refractivity contribution in [2.45, 2.75) is 38.5 Å². The molecule has 3 rings (SSSR count). The molecule has 1 fully saturated rings. The van der Waals surface area contributed by atoms with Crippen molar-refractivity contribution in [1.82, 2.24) is 4.98 Å². The van der Waals surface area contributed by atoms with E-state index in [1.807, 2.05) is 24.0 Å². The number of carboxylic acids is 1. The van der Waals surface area contributed by atoms with Gasteiger partial charge in [0.15, 0.2) is 5.82 Å². The van der Waals surface area contributed by atoms with Gasteiger partial charge in [-0.25, -0.2) is 18.2 Å². The topological polar surface area (TPSA) is 99.6 Å². The smallest absolute Gasteiger partial charge is 0.337 e. The molecule has 0 aliphatic carbocycles. The van der Waals surface area contributed by atoms with Crippen LogP contribution in [0.15, 0.2) is 29.3 Å². The number of nitrogens with one attached hydrogen (secondary N) is 1. The van der Waals surface area contributed by atoms with Crippen molar-refractivity contribution < 1.29 is 18.3 Å². The molecule has 2 aromatic rings. The summed E-state index contributed by atoms with van der Waals surface area (Å²) in [6, 6.07) is 4.96. The number of hydrogen-bond acceptors (Lipinski definition) is 5. The van der Waals surface area contributed by atoms with Gasteiger partial charge in [0.1, 0.15) is 0 Å². The zero-order valence-corrected chi connectivity index (χ0v) is 16.4. The van der Waals surface area contributed by atoms with Crippen molar-refractivity contribution >= 4 is 27.5 Å². The first kappa shape index (κ1) is 19.2. The van der Waals surface area contributed by atoms with Crippen LogP contribution in [0.4, 0.5) is 11.5 Å². The monoisotopic (exact) mass is 389 g/mol. The third-order valence-electron chi connectivity index (χ3n) is 4.64. The maximum Gasteiger partial charge on any atom is 0.337 e. The molecule has 1 aromatic carbocycles. The summed E-state index contributed by atoms with van der Waals surface area (Å²) in [7, 11) is -3.90. The molecular formula is C19H23N3O4S. The summed E-state index contributed by atoms with van der Waals surface area (Å²) in [5.74, 6) is -0.692. The van der Waals surface area contributed by atoms with Crippen molar-refractivity contribution in [3.8, 4) is 0 Å². The largest absolute Gasteiger partial charge is 0.478 e. The van der Waals surface area contributed by atoms with Crippen LogP contribution in [0.25, 0.3) is 0 Å². The summed E-state index contributed by atoms with van der Waals surface area (Å²) in [6.45, 7) is 6.94. The van der Waals surface area contributed by atoms with E-state index in [1.165, 1.54) is 12.3 Å². The number of aryl methyl sites for hydroxylation is 3. The van der Waals surface area contributed by atoms with Crippen molar-refractivity contribution in [2.24, 2.45) is 0 Å². The van der Waals surface area contributed by atoms with Gasteiger partial charge in [0, 0.05) is 19.3 Å². The van der Waals surface area contributed by atoms with Crippen LogP contribution in [0, 0.1) is 20.8 Å². The summed E-state index contributed by atoms with van der Waals surface area (Å²) >= 11 is 0. The van der Waals surface area contributed by atoms with E-state index in [9.17, 15) is 18.3 Å². The predicted octanol–water partition coefficient (Wildman–Crippen LogP) is 3.11. The molecule has 2 heterocycles. The molecule has 144 valence electrons. The van der Waals surface area contributed by atoms with Gasteiger partial charge in [-0.2, -0.15) is 0 Å². The van der Waals surface area contributed by atoms with Crippen LogP contribution in [0.2, 0.25) is 0 Å². The SMILES string of the molecule is Cc1cc(C)c(S(=O)(=O)Nc2cc(C(=O)O)cnc2N2CCCC2)c(C)c1. The van der Waals surface area contributed by atoms with E-state index in [-0.39, 0.29) is 16.1 Å². The number of anilines is 2. The fraction of sp³-hybridized carbons (Fsp3) is 0.368. The number of pyridine rings is 1. The van der Waals surface area contributed by atoms with Crippen LogP contribution in [0.3, 0.4) is 0 Å². The van der Waals surface area contributed by atoms with Crippen LogP contribution in [-0.2, 0) is 10.0 Å². The van der Waals surface area contributed by atoms with E-state index in [1.54, 1.807) is 13.8 Å². The minimum atomic E-state index is -3.90. The Morgan fingerprint density at radius 3 is 2.26 bits per heavy atom. The van der Waals surface area contributed by atoms with E-state index in [0.29, 0.717) is 16.9 Å². The molecule has 0 saturated carbocycles. The molecule has 0 amide bonds. The summed E-state index contributed by atoms with van der Waals surface area (Å²) in [5.41, 5.74) is 2.40. The molecule has 27 heavy (non-hydrogen) atoms. The van der Waals surface area contributed by atoms with E-state index >= 15 is 0 Å². The number of carboxylic acid groups (broad SMARTS) is 1. The fourth-order valence-electron chi connectivity index (χ4n) is 3.62. The molecule has 0 unspecified atom stereocenters. The molecule has 1 aromatic heterocycles. The first-order valence-electron chi connectivity index (χ1n) is 8.78. The van der Waals surface area contributed by atoms with Crippen molar-refractivity contribution in [1.29, 1.82) is 0 Å². The van der Waals surface area contributed by atoms with Crippen molar-refractivity contribution in [3.63, 3.8) is 0 Å². The molecule has 0 radical (unpaired) electrons. The van der Waals surface area contributed by atoms with Gasteiger partial charge in [0.25, 0.3) is 10.0 Å². The van der Waals surface area contributed by atoms with Crippen LogP contribution in [0.1, 0.15) is 39.9 Å². The van der Waals surface area contributed by atoms with Gasteiger partial charge < -0.3 is 10.0 Å². The number of aromatic nitrogens is 1. The third-order valence-corrected chi connectivity index (χ3v) is 6.31. The molecule has 1 aliphatic rings. The Kier molecular flexibility index (Phi) is 5.10. The van der Waals surface area contributed by atoms with E-state index < -0.39 is 16.0 Å². The molecular weight excluding hydrogens is 366 g/mol. The second kappa shape index (κ2) is 7.19. The Balaban J connectivity index is 2.08. The summed E-state index contributed by atoms with van der Waals surface area (Å²) in [5, 5.41) is 9.27. The number of hydrogen-bond donors (Lipinski definition) is 2. The Bertz CT molecular complexity index is 973. The Morgan fingerprint density at radius 2 is 1.70 bits per heavy atom. The molecule has 8 heteroatoms. The number of rotatable bonds is 5. The average molecular weight is 389 g/mol. The zero-order valence-electron chi connectivity index (χ0n) is 15.6. The highest BCUT2D eigenvalue weighted by Gasteiger charge is 2.25. The Hall–Kier alpha value is -2.61. The highest BCUT2D eigenvalue weighted by molar-refractivity contribution is 7.92. The molecule has 0 spiro atoms. The van der Waals surface area contributed by atoms with Gasteiger partial charge in [-0.15, -0.1) is 0 Å². The quantitative estimate of drug-likeness (QED) is 0.815. The molecule has 0 atom stereocenters. The standard InChI is InChI=1S/C19H23N3O4S/c1-12-8-13(2)17(14(3)9-12)27(25,26)21-16-10-15(19(23)24)11-20-18(16)22-6-4-5-7-22/h8-11,21H,4-7H2,1-3H3,(H,23,24). The molecule has 0 bridgehead atoms. The van der Waals surface area contributed by atoms with Gasteiger partial charge >= 0.3 is 5.97 Å². The number of benzene rings is 1. The Morgan fingerprint density at radius 1 is 1.11 bits per heavy atom. The second-order valence-corrected chi connectivity index (χ2v) is 8.55. The number of aromatic carboxylic acids is 1. The predicted molar refractivity (Wildman–Crippen MR) is 104 cm³/mol. The van der Waals surface area contributed by atoms with Crippen molar-refractivity contribution in [3.05, 3.63) is 46.6 Å². The van der Waals surface area contributed by atoms with Gasteiger partial charge in [0.2, 0.25) is 0 Å². The highest BCUT2D eigenvalue weighted by Crippen LogP contribution is 2.31. The lowest BCUT2D eigenvalue weighted by Crippen LogP contribution is -2.23. The second-order valence-electron chi connectivity index (χ2n) is 6.93. The van der Waals surface area contributed by atoms with E-state index in [2.05, 4.69) is 9.71 Å². The van der Waals surface area contributed by atoms with E-state index in [4.69, 9.17) is 0 Å². The molecule has 1 saturated heterocycles. The van der Waals surface area contributed by atoms with Crippen LogP contribution < -0.4 is 9.62 Å². The first-order valence-corrected chi connectivity index (χ1v) is 10.3. The molecule has 1 aliphatic heterocycles. The number of sulfonamides is 1. The molecule has 7 nitrogen and oxygen atoms in total. The maximum atomic E-state index is 13.1. The number of carbonyl (C=O) groups is 1. The maximum absolute atomic E-state index is 13.1. The van der Waals surface area contributed by atoms with Crippen molar-refractivity contribution in [2.75, 3.05) is 22.7 Å². The third kappa shape index (κ3) is 3.90. The first-order chi connectivity index (χ1) is 12.7. The van der Waals surface area contributed by atoms with Gasteiger partial charge in [0.05, 0.1) is 16.1 Å². The van der Waals surface area contributed by atoms with Crippen LogP contribution in [0.5, 0.6) is 0 Å².